The van der Waals surface area contributed by atoms with E-state index in [-0.39, 0.29) is 1.43 Å². The molecule has 3 aromatic rings. The number of hydrogen-bond donors (Lipinski definition) is 0. The second-order valence-electron chi connectivity index (χ2n) is 7.98. The molecule has 0 saturated heterocycles. The number of azo groups is 1. The maximum Gasteiger partial charge on any atom is 1.00 e. The number of quaternary nitrogens is 1. The molecule has 0 fully saturated rings. The van der Waals surface area contributed by atoms with Crippen LogP contribution in [0.25, 0.3) is 11.4 Å². The van der Waals surface area contributed by atoms with Crippen molar-refractivity contribution in [2.24, 2.45) is 10.2 Å². The highest BCUT2D eigenvalue weighted by atomic mass is 32.3. The van der Waals surface area contributed by atoms with Crippen molar-refractivity contribution in [1.82, 2.24) is 9.36 Å². The number of anilines is 1. The van der Waals surface area contributed by atoms with Gasteiger partial charge in [0.2, 0.25) is 5.13 Å². The average Bonchev–Trinajstić information content (AvgIpc) is 3.21. The van der Waals surface area contributed by atoms with Gasteiger partial charge in [0.1, 0.15) is 0 Å². The highest BCUT2D eigenvalue weighted by Gasteiger charge is 2.11. The zero-order valence-corrected chi connectivity index (χ0v) is 20.6. The SMILES string of the molecule is CCN(CC[N+](C)(C)C)c1ccc(N=Nc2nc(-c3ccccc3)ns2)cc1.O=S(=O)([O-])[O-].[H+]. The number of likely N-dealkylation sites (N-methyl/N-ethyl adjacent to an activating group) is 2. The molecule has 0 saturated carbocycles. The van der Waals surface area contributed by atoms with E-state index >= 15 is 0 Å². The second kappa shape index (κ2) is 11.9. The molecule has 0 N–H and O–H groups in total. The van der Waals surface area contributed by atoms with E-state index in [4.69, 9.17) is 17.5 Å². The lowest BCUT2D eigenvalue weighted by molar-refractivity contribution is -0.868. The lowest BCUT2D eigenvalue weighted by Gasteiger charge is -2.29. The molecule has 1 aromatic heterocycles. The van der Waals surface area contributed by atoms with Crippen LogP contribution in [0, 0.1) is 0 Å². The molecule has 10 nitrogen and oxygen atoms in total. The Balaban J connectivity index is 0.000000873. The minimum absolute atomic E-state index is 0. The van der Waals surface area contributed by atoms with Crippen LogP contribution in [-0.2, 0) is 10.4 Å². The smallest absolute Gasteiger partial charge is 0.759 e. The summed E-state index contributed by atoms with van der Waals surface area (Å²) in [5, 5.41) is 9.10. The van der Waals surface area contributed by atoms with Gasteiger partial charge in [-0.15, -0.1) is 10.2 Å². The Bertz CT molecular complexity index is 1130. The summed E-state index contributed by atoms with van der Waals surface area (Å²) in [6.07, 6.45) is 0. The zero-order chi connectivity index (χ0) is 24.5. The van der Waals surface area contributed by atoms with Crippen molar-refractivity contribution in [1.29, 1.82) is 0 Å². The van der Waals surface area contributed by atoms with Crippen molar-refractivity contribution in [2.75, 3.05) is 45.7 Å². The topological polar surface area (TPSA) is 134 Å². The third kappa shape index (κ3) is 10.6. The van der Waals surface area contributed by atoms with Crippen LogP contribution in [-0.4, -0.2) is 72.1 Å². The summed E-state index contributed by atoms with van der Waals surface area (Å²) in [5.41, 5.74) is 3.00. The van der Waals surface area contributed by atoms with E-state index in [0.29, 0.717) is 11.0 Å². The Kier molecular flexibility index (Phi) is 9.56. The van der Waals surface area contributed by atoms with Crippen LogP contribution in [0.5, 0.6) is 0 Å². The van der Waals surface area contributed by atoms with Crippen molar-refractivity contribution in [3.8, 4) is 11.4 Å². The Morgan fingerprint density at radius 3 is 2.18 bits per heavy atom. The molecule has 0 aliphatic rings. The van der Waals surface area contributed by atoms with Gasteiger partial charge in [-0.05, 0) is 31.2 Å². The van der Waals surface area contributed by atoms with Gasteiger partial charge in [-0.3, -0.25) is 8.42 Å². The predicted molar refractivity (Wildman–Crippen MR) is 128 cm³/mol. The fourth-order valence-corrected chi connectivity index (χ4v) is 3.20. The Labute approximate surface area is 200 Å². The Morgan fingerprint density at radius 1 is 1.03 bits per heavy atom. The van der Waals surface area contributed by atoms with Crippen LogP contribution in [0.2, 0.25) is 0 Å². The maximum absolute atomic E-state index is 8.52. The van der Waals surface area contributed by atoms with E-state index in [2.05, 4.69) is 64.7 Å². The molecule has 1 heterocycles. The fraction of sp³-hybridized carbons (Fsp3) is 0.333. The van der Waals surface area contributed by atoms with E-state index in [1.165, 1.54) is 17.2 Å². The summed E-state index contributed by atoms with van der Waals surface area (Å²) in [6.45, 7) is 5.28. The number of nitrogens with zero attached hydrogens (tertiary/aromatic N) is 6. The first-order valence-corrected chi connectivity index (χ1v) is 12.2. The van der Waals surface area contributed by atoms with Gasteiger partial charge in [0.25, 0.3) is 0 Å². The van der Waals surface area contributed by atoms with Crippen LogP contribution < -0.4 is 4.90 Å². The highest BCUT2D eigenvalue weighted by molar-refractivity contribution is 7.79. The number of rotatable bonds is 8. The summed E-state index contributed by atoms with van der Waals surface area (Å²) in [5.74, 6) is 0.686. The first-order valence-electron chi connectivity index (χ1n) is 10.1. The summed E-state index contributed by atoms with van der Waals surface area (Å²) in [7, 11) is 1.48. The molecule has 0 bridgehead atoms. The summed E-state index contributed by atoms with van der Waals surface area (Å²) >= 11 is 1.25. The van der Waals surface area contributed by atoms with Crippen LogP contribution in [0.3, 0.4) is 0 Å². The van der Waals surface area contributed by atoms with Crippen LogP contribution >= 0.6 is 11.5 Å². The van der Waals surface area contributed by atoms with Crippen molar-refractivity contribution in [2.45, 2.75) is 6.92 Å². The van der Waals surface area contributed by atoms with Gasteiger partial charge in [0.15, 0.2) is 5.82 Å². The van der Waals surface area contributed by atoms with Gasteiger partial charge in [-0.2, -0.15) is 9.36 Å². The van der Waals surface area contributed by atoms with Gasteiger partial charge in [-0.1, -0.05) is 30.3 Å². The number of aromatic nitrogens is 2. The Hall–Kier alpha value is -2.77. The largest absolute Gasteiger partial charge is 1.00 e. The Morgan fingerprint density at radius 2 is 1.64 bits per heavy atom. The van der Waals surface area contributed by atoms with E-state index in [1.807, 2.05) is 42.5 Å². The first kappa shape index (κ1) is 26.5. The summed E-state index contributed by atoms with van der Waals surface area (Å²) < 4.78 is 39.4. The molecule has 0 atom stereocenters. The van der Waals surface area contributed by atoms with Crippen molar-refractivity contribution in [3.05, 3.63) is 54.6 Å². The maximum atomic E-state index is 8.52. The predicted octanol–water partition coefficient (Wildman–Crippen LogP) is 3.93. The molecule has 0 unspecified atom stereocenters. The van der Waals surface area contributed by atoms with E-state index in [0.717, 1.165) is 35.4 Å². The minimum Gasteiger partial charge on any atom is -0.759 e. The van der Waals surface area contributed by atoms with Gasteiger partial charge >= 0.3 is 1.43 Å². The third-order valence-corrected chi connectivity index (χ3v) is 4.94. The molecule has 0 radical (unpaired) electrons. The van der Waals surface area contributed by atoms with Crippen molar-refractivity contribution >= 4 is 38.4 Å². The number of hydrogen-bond acceptors (Lipinski definition) is 10. The van der Waals surface area contributed by atoms with Crippen LogP contribution in [0.1, 0.15) is 8.35 Å². The summed E-state index contributed by atoms with van der Waals surface area (Å²) in [4.78, 5) is 6.82. The molecule has 0 aliphatic carbocycles. The van der Waals surface area contributed by atoms with Gasteiger partial charge in [0, 0.05) is 39.7 Å². The van der Waals surface area contributed by atoms with E-state index in [1.54, 1.807) is 0 Å². The molecule has 12 heteroatoms. The molecule has 2 aromatic carbocycles. The standard InChI is InChI=1S/C21H27N6S.H2O4S/c1-5-26(15-16-27(2,3)4)19-13-11-18(12-14-19)23-24-21-22-20(25-28-21)17-9-7-6-8-10-17;1-5(2,3)4/h6-14H,5,15-16H2,1-4H3;(H2,1,2,3,4)/q+1;/p-1. The van der Waals surface area contributed by atoms with Crippen molar-refractivity contribution in [3.63, 3.8) is 0 Å². The lowest BCUT2D eigenvalue weighted by Crippen LogP contribution is -2.42. The molecule has 33 heavy (non-hydrogen) atoms. The average molecular weight is 493 g/mol. The van der Waals surface area contributed by atoms with Crippen LogP contribution in [0.15, 0.2) is 64.8 Å². The van der Waals surface area contributed by atoms with E-state index < -0.39 is 10.4 Å². The molecule has 0 amide bonds. The molecular formula is C21H28N6O4S2. The number of benzene rings is 2. The zero-order valence-electron chi connectivity index (χ0n) is 20.0. The van der Waals surface area contributed by atoms with Gasteiger partial charge in [0.05, 0.1) is 39.9 Å². The highest BCUT2D eigenvalue weighted by Crippen LogP contribution is 2.26. The van der Waals surface area contributed by atoms with Gasteiger partial charge in [-0.25, -0.2) is 0 Å². The normalized spacial score (nSPS) is 11.8. The van der Waals surface area contributed by atoms with Crippen molar-refractivity contribution < 1.29 is 23.4 Å². The van der Waals surface area contributed by atoms with Crippen LogP contribution in [0.4, 0.5) is 16.5 Å². The molecule has 3 rings (SSSR count). The summed E-state index contributed by atoms with van der Waals surface area (Å²) in [6, 6.07) is 18.1. The molecule has 0 spiro atoms. The minimum atomic E-state index is -5.17. The first-order chi connectivity index (χ1) is 15.4. The molecule has 178 valence electrons. The quantitative estimate of drug-likeness (QED) is 0.201. The van der Waals surface area contributed by atoms with Gasteiger partial charge < -0.3 is 18.5 Å². The lowest BCUT2D eigenvalue weighted by atomic mass is 10.2. The third-order valence-electron chi connectivity index (χ3n) is 4.34. The van der Waals surface area contributed by atoms with E-state index in [9.17, 15) is 0 Å². The molecule has 0 aliphatic heterocycles. The molecular weight excluding hydrogens is 464 g/mol. The fourth-order valence-electron chi connectivity index (χ4n) is 2.68. The second-order valence-corrected chi connectivity index (χ2v) is 9.53. The monoisotopic (exact) mass is 492 g/mol.